The summed E-state index contributed by atoms with van der Waals surface area (Å²) in [5.41, 5.74) is 2.51. The van der Waals surface area contributed by atoms with Crippen LogP contribution >= 0.6 is 0 Å². The number of piperazine rings is 1. The number of carbonyl (C=O) groups excluding carboxylic acids is 2. The number of nitrogens with one attached hydrogen (secondary N) is 1. The molecule has 0 unspecified atom stereocenters. The number of fused-ring (bicyclic) bond motifs is 1. The van der Waals surface area contributed by atoms with E-state index in [2.05, 4.69) is 16.3 Å². The molecule has 28 heavy (non-hydrogen) atoms. The van der Waals surface area contributed by atoms with E-state index in [9.17, 15) is 9.59 Å². The molecule has 2 amide bonds. The van der Waals surface area contributed by atoms with E-state index in [1.54, 1.807) is 24.3 Å². The van der Waals surface area contributed by atoms with E-state index in [0.717, 1.165) is 31.1 Å². The van der Waals surface area contributed by atoms with Gasteiger partial charge < -0.3 is 19.7 Å². The highest BCUT2D eigenvalue weighted by atomic mass is 16.7. The van der Waals surface area contributed by atoms with Crippen LogP contribution in [0.25, 0.3) is 0 Å². The second-order valence-electron chi connectivity index (χ2n) is 7.01. The van der Waals surface area contributed by atoms with E-state index < -0.39 is 0 Å². The molecular formula is C21H23N3O4. The maximum atomic E-state index is 12.7. The Bertz CT molecular complexity index is 874. The summed E-state index contributed by atoms with van der Waals surface area (Å²) >= 11 is 0. The zero-order valence-electron chi connectivity index (χ0n) is 15.8. The van der Waals surface area contributed by atoms with Gasteiger partial charge in [0.05, 0.1) is 0 Å². The van der Waals surface area contributed by atoms with Gasteiger partial charge >= 0.3 is 0 Å². The van der Waals surface area contributed by atoms with Gasteiger partial charge in [-0.2, -0.15) is 0 Å². The first-order chi connectivity index (χ1) is 13.6. The maximum Gasteiger partial charge on any atom is 0.253 e. The normalized spacial score (nSPS) is 16.1. The lowest BCUT2D eigenvalue weighted by atomic mass is 10.1. The van der Waals surface area contributed by atoms with Crippen LogP contribution in [0.5, 0.6) is 11.5 Å². The Hall–Kier alpha value is -3.06. The number of hydrogen-bond acceptors (Lipinski definition) is 5. The van der Waals surface area contributed by atoms with Crippen molar-refractivity contribution in [2.45, 2.75) is 13.5 Å². The third-order valence-electron chi connectivity index (χ3n) is 4.95. The molecule has 146 valence electrons. The smallest absolute Gasteiger partial charge is 0.253 e. The summed E-state index contributed by atoms with van der Waals surface area (Å²) in [5.74, 6) is 1.49. The van der Waals surface area contributed by atoms with Gasteiger partial charge in [0, 0.05) is 50.9 Å². The van der Waals surface area contributed by atoms with E-state index in [0.29, 0.717) is 24.3 Å². The first-order valence-electron chi connectivity index (χ1n) is 9.36. The second-order valence-corrected chi connectivity index (χ2v) is 7.01. The molecule has 2 aliphatic heterocycles. The van der Waals surface area contributed by atoms with E-state index in [1.165, 1.54) is 12.5 Å². The van der Waals surface area contributed by atoms with Gasteiger partial charge in [-0.25, -0.2) is 0 Å². The van der Waals surface area contributed by atoms with Crippen molar-refractivity contribution < 1.29 is 19.1 Å². The molecule has 7 nitrogen and oxygen atoms in total. The number of rotatable bonds is 4. The van der Waals surface area contributed by atoms with Gasteiger partial charge in [-0.1, -0.05) is 6.07 Å². The molecule has 2 heterocycles. The van der Waals surface area contributed by atoms with Crippen molar-refractivity contribution >= 4 is 17.5 Å². The maximum absolute atomic E-state index is 12.7. The van der Waals surface area contributed by atoms with Crippen LogP contribution in [0, 0.1) is 0 Å². The molecule has 0 saturated carbocycles. The largest absolute Gasteiger partial charge is 0.454 e. The summed E-state index contributed by atoms with van der Waals surface area (Å²) in [5, 5.41) is 2.71. The zero-order valence-corrected chi connectivity index (χ0v) is 15.8. The van der Waals surface area contributed by atoms with Gasteiger partial charge in [0.1, 0.15) is 0 Å². The fourth-order valence-electron chi connectivity index (χ4n) is 3.49. The van der Waals surface area contributed by atoms with Crippen molar-refractivity contribution in [3.05, 3.63) is 53.6 Å². The van der Waals surface area contributed by atoms with Gasteiger partial charge in [0.25, 0.3) is 5.91 Å². The molecule has 1 fully saturated rings. The van der Waals surface area contributed by atoms with Gasteiger partial charge in [0.15, 0.2) is 11.5 Å². The fraction of sp³-hybridized carbons (Fsp3) is 0.333. The first-order valence-corrected chi connectivity index (χ1v) is 9.36. The highest BCUT2D eigenvalue weighted by Gasteiger charge is 2.23. The van der Waals surface area contributed by atoms with Crippen molar-refractivity contribution in [3.8, 4) is 11.5 Å². The molecule has 0 spiro atoms. The van der Waals surface area contributed by atoms with E-state index in [-0.39, 0.29) is 18.6 Å². The van der Waals surface area contributed by atoms with Gasteiger partial charge in [-0.3, -0.25) is 14.5 Å². The highest BCUT2D eigenvalue weighted by Crippen LogP contribution is 2.32. The number of nitrogens with zero attached hydrogens (tertiary/aromatic N) is 2. The average Bonchev–Trinajstić information content (AvgIpc) is 3.16. The molecule has 0 radical (unpaired) electrons. The van der Waals surface area contributed by atoms with Gasteiger partial charge in [-0.05, 0) is 42.0 Å². The quantitative estimate of drug-likeness (QED) is 0.880. The molecule has 1 saturated heterocycles. The first kappa shape index (κ1) is 18.3. The fourth-order valence-corrected chi connectivity index (χ4v) is 3.49. The topological polar surface area (TPSA) is 71.1 Å². The zero-order chi connectivity index (χ0) is 19.5. The highest BCUT2D eigenvalue weighted by molar-refractivity contribution is 5.95. The number of hydrogen-bond donors (Lipinski definition) is 1. The summed E-state index contributed by atoms with van der Waals surface area (Å²) in [6, 6.07) is 13.1. The summed E-state index contributed by atoms with van der Waals surface area (Å²) in [6.07, 6.45) is 0. The van der Waals surface area contributed by atoms with Crippen molar-refractivity contribution in [1.29, 1.82) is 0 Å². The summed E-state index contributed by atoms with van der Waals surface area (Å²) in [7, 11) is 0. The van der Waals surface area contributed by atoms with Crippen LogP contribution in [0.2, 0.25) is 0 Å². The number of carbonyl (C=O) groups is 2. The number of benzene rings is 2. The van der Waals surface area contributed by atoms with Gasteiger partial charge in [-0.15, -0.1) is 0 Å². The summed E-state index contributed by atoms with van der Waals surface area (Å²) < 4.78 is 10.8. The lowest BCUT2D eigenvalue weighted by Crippen LogP contribution is -2.48. The molecule has 1 N–H and O–H groups in total. The van der Waals surface area contributed by atoms with Crippen LogP contribution in [0.3, 0.4) is 0 Å². The third-order valence-corrected chi connectivity index (χ3v) is 4.95. The number of ether oxygens (including phenoxy) is 2. The molecule has 4 rings (SSSR count). The predicted octanol–water partition coefficient (Wildman–Crippen LogP) is 2.33. The predicted molar refractivity (Wildman–Crippen MR) is 104 cm³/mol. The van der Waals surface area contributed by atoms with Crippen molar-refractivity contribution in [3.63, 3.8) is 0 Å². The monoisotopic (exact) mass is 381 g/mol. The minimum absolute atomic E-state index is 0.0251. The molecule has 7 heteroatoms. The molecule has 2 aromatic carbocycles. The van der Waals surface area contributed by atoms with Crippen LogP contribution < -0.4 is 14.8 Å². The Kier molecular flexibility index (Phi) is 5.16. The Morgan fingerprint density at radius 1 is 0.964 bits per heavy atom. The Morgan fingerprint density at radius 3 is 2.39 bits per heavy atom. The Labute approximate surface area is 163 Å². The van der Waals surface area contributed by atoms with Gasteiger partial charge in [0.2, 0.25) is 12.7 Å². The van der Waals surface area contributed by atoms with Crippen molar-refractivity contribution in [2.24, 2.45) is 0 Å². The summed E-state index contributed by atoms with van der Waals surface area (Å²) in [6.45, 7) is 5.60. The van der Waals surface area contributed by atoms with Crippen LogP contribution in [0.1, 0.15) is 22.8 Å². The lowest BCUT2D eigenvalue weighted by Gasteiger charge is -2.34. The molecule has 0 bridgehead atoms. The van der Waals surface area contributed by atoms with Crippen LogP contribution in [0.15, 0.2) is 42.5 Å². The number of amides is 2. The molecule has 2 aromatic rings. The Balaban J connectivity index is 1.31. The van der Waals surface area contributed by atoms with Crippen molar-refractivity contribution in [2.75, 3.05) is 38.3 Å². The molecule has 0 atom stereocenters. The second kappa shape index (κ2) is 7.90. The minimum Gasteiger partial charge on any atom is -0.454 e. The molecule has 2 aliphatic rings. The third kappa shape index (κ3) is 4.09. The average molecular weight is 381 g/mol. The number of anilines is 1. The lowest BCUT2D eigenvalue weighted by molar-refractivity contribution is -0.114. The van der Waals surface area contributed by atoms with Crippen LogP contribution in [0.4, 0.5) is 5.69 Å². The molecule has 0 aromatic heterocycles. The summed E-state index contributed by atoms with van der Waals surface area (Å²) in [4.78, 5) is 28.0. The van der Waals surface area contributed by atoms with Crippen molar-refractivity contribution in [1.82, 2.24) is 9.80 Å². The van der Waals surface area contributed by atoms with E-state index in [4.69, 9.17) is 9.47 Å². The van der Waals surface area contributed by atoms with E-state index >= 15 is 0 Å². The SMILES string of the molecule is CC(=O)Nc1ccc(C(=O)N2CCN(Cc3ccc4c(c3)OCO4)CC2)cc1. The Morgan fingerprint density at radius 2 is 1.68 bits per heavy atom. The standard InChI is InChI=1S/C21H23N3O4/c1-15(25)22-18-5-3-17(4-6-18)21(26)24-10-8-23(9-11-24)13-16-2-7-19-20(12-16)28-14-27-19/h2-7,12H,8-11,13-14H2,1H3,(H,22,25). The van der Waals surface area contributed by atoms with Crippen LogP contribution in [-0.4, -0.2) is 54.6 Å². The van der Waals surface area contributed by atoms with Crippen LogP contribution in [-0.2, 0) is 11.3 Å². The van der Waals surface area contributed by atoms with E-state index in [1.807, 2.05) is 17.0 Å². The molecular weight excluding hydrogens is 358 g/mol. The molecule has 0 aliphatic carbocycles. The minimum atomic E-state index is -0.127.